The fourth-order valence-electron chi connectivity index (χ4n) is 5.53. The topological polar surface area (TPSA) is 35.5 Å². The Labute approximate surface area is 196 Å². The molecule has 0 saturated carbocycles. The summed E-state index contributed by atoms with van der Waals surface area (Å²) in [5.74, 6) is 0. The molecule has 0 radical (unpaired) electrons. The Morgan fingerprint density at radius 2 is 1.15 bits per heavy atom. The van der Waals surface area contributed by atoms with Gasteiger partial charge in [-0.2, -0.15) is 0 Å². The molecule has 0 aliphatic carbocycles. The van der Waals surface area contributed by atoms with Crippen molar-refractivity contribution in [2.75, 3.05) is 39.5 Å². The van der Waals surface area contributed by atoms with Gasteiger partial charge in [0.15, 0.2) is 0 Å². The van der Waals surface area contributed by atoms with Crippen LogP contribution in [0.5, 0.6) is 0 Å². The second-order valence-electron chi connectivity index (χ2n) is 9.51. The van der Waals surface area contributed by atoms with E-state index in [1.54, 1.807) is 0 Å². The molecule has 2 fully saturated rings. The van der Waals surface area contributed by atoms with Gasteiger partial charge in [0.2, 0.25) is 0 Å². The molecule has 2 aliphatic heterocycles. The molecule has 33 heavy (non-hydrogen) atoms. The van der Waals surface area contributed by atoms with E-state index in [0.717, 1.165) is 52.6 Å². The Morgan fingerprint density at radius 1 is 0.636 bits per heavy atom. The maximum absolute atomic E-state index is 3.53. The summed E-state index contributed by atoms with van der Waals surface area (Å²) in [6.07, 6.45) is 2.44. The van der Waals surface area contributed by atoms with E-state index in [0.29, 0.717) is 0 Å². The zero-order valence-corrected chi connectivity index (χ0v) is 19.3. The van der Waals surface area contributed by atoms with Gasteiger partial charge < -0.3 is 15.2 Å². The third kappa shape index (κ3) is 4.30. The molecule has 2 saturated heterocycles. The highest BCUT2D eigenvalue weighted by Gasteiger charge is 2.16. The quantitative estimate of drug-likeness (QED) is 0.486. The monoisotopic (exact) mass is 439 g/mol. The van der Waals surface area contributed by atoms with E-state index in [-0.39, 0.29) is 0 Å². The van der Waals surface area contributed by atoms with Gasteiger partial charge in [0.25, 0.3) is 0 Å². The predicted octanol–water partition coefficient (Wildman–Crippen LogP) is 4.29. The minimum Gasteiger partial charge on any atom is -0.309 e. The van der Waals surface area contributed by atoms with Crippen LogP contribution in [0.4, 0.5) is 0 Å². The second-order valence-corrected chi connectivity index (χ2v) is 9.51. The van der Waals surface area contributed by atoms with Gasteiger partial charge in [-0.3, -0.25) is 9.80 Å². The van der Waals surface area contributed by atoms with Crippen LogP contribution in [0.2, 0.25) is 0 Å². The van der Waals surface area contributed by atoms with Crippen LogP contribution in [0.25, 0.3) is 27.5 Å². The maximum atomic E-state index is 3.53. The van der Waals surface area contributed by atoms with Crippen molar-refractivity contribution in [3.05, 3.63) is 77.9 Å². The fourth-order valence-corrected chi connectivity index (χ4v) is 5.53. The normalized spacial score (nSPS) is 18.3. The molecule has 4 aromatic rings. The zero-order valence-electron chi connectivity index (χ0n) is 19.3. The molecule has 5 nitrogen and oxygen atoms in total. The molecular weight excluding hydrogens is 406 g/mol. The molecule has 1 aromatic heterocycles. The first-order valence-electron chi connectivity index (χ1n) is 12.3. The minimum atomic E-state index is 0.977. The van der Waals surface area contributed by atoms with Crippen molar-refractivity contribution in [1.82, 2.24) is 25.0 Å². The van der Waals surface area contributed by atoms with Crippen molar-refractivity contribution in [1.29, 1.82) is 0 Å². The molecule has 0 atom stereocenters. The first kappa shape index (κ1) is 20.9. The van der Waals surface area contributed by atoms with Crippen molar-refractivity contribution >= 4 is 21.8 Å². The van der Waals surface area contributed by atoms with Crippen LogP contribution in [-0.4, -0.2) is 53.9 Å². The van der Waals surface area contributed by atoms with E-state index in [9.17, 15) is 0 Å². The highest BCUT2D eigenvalue weighted by molar-refractivity contribution is 6.09. The molecule has 3 aromatic carbocycles. The average Bonchev–Trinajstić information content (AvgIpc) is 3.20. The average molecular weight is 440 g/mol. The summed E-state index contributed by atoms with van der Waals surface area (Å²) < 4.78 is 2.46. The van der Waals surface area contributed by atoms with E-state index >= 15 is 0 Å². The van der Waals surface area contributed by atoms with Crippen LogP contribution in [0, 0.1) is 0 Å². The molecule has 5 heteroatoms. The Kier molecular flexibility index (Phi) is 5.87. The summed E-state index contributed by atoms with van der Waals surface area (Å²) >= 11 is 0. The third-order valence-electron chi connectivity index (χ3n) is 7.01. The van der Waals surface area contributed by atoms with E-state index in [1.807, 2.05) is 0 Å². The van der Waals surface area contributed by atoms with Gasteiger partial charge in [0, 0.05) is 56.0 Å². The molecule has 6 rings (SSSR count). The Hall–Kier alpha value is -2.70. The summed E-state index contributed by atoms with van der Waals surface area (Å²) in [6.45, 7) is 8.52. The van der Waals surface area contributed by atoms with E-state index < -0.39 is 0 Å². The van der Waals surface area contributed by atoms with Crippen molar-refractivity contribution < 1.29 is 0 Å². The van der Waals surface area contributed by atoms with Crippen molar-refractivity contribution in [3.63, 3.8) is 0 Å². The Bertz CT molecular complexity index is 1160. The number of hydrogen-bond acceptors (Lipinski definition) is 4. The molecule has 0 amide bonds. The van der Waals surface area contributed by atoms with Gasteiger partial charge in [-0.1, -0.05) is 42.5 Å². The number of aromatic nitrogens is 1. The van der Waals surface area contributed by atoms with E-state index in [2.05, 4.69) is 91.7 Å². The van der Waals surface area contributed by atoms with Gasteiger partial charge >= 0.3 is 0 Å². The van der Waals surface area contributed by atoms with Gasteiger partial charge in [-0.05, 0) is 61.3 Å². The smallest absolute Gasteiger partial charge is 0.0541 e. The Balaban J connectivity index is 1.46. The molecule has 2 aliphatic rings. The lowest BCUT2D eigenvalue weighted by Crippen LogP contribution is -2.41. The van der Waals surface area contributed by atoms with Gasteiger partial charge in [-0.15, -0.1) is 0 Å². The van der Waals surface area contributed by atoms with Crippen LogP contribution in [0.1, 0.15) is 24.0 Å². The molecular formula is C28H33N5. The number of hydrogen-bond donors (Lipinski definition) is 2. The van der Waals surface area contributed by atoms with E-state index in [4.69, 9.17) is 0 Å². The number of fused-ring (bicyclic) bond motifs is 3. The molecule has 3 heterocycles. The zero-order chi connectivity index (χ0) is 22.0. The standard InChI is InChI=1S/C28H33N5/c1-3-9-27-25(7-1)26-8-2-4-10-28(26)33(27)24-16-22(18-31-13-5-11-29-20-31)15-23(17-24)19-32-14-6-12-30-21-32/h1-4,7-10,15-17,29-30H,5-6,11-14,18-21H2. The first-order chi connectivity index (χ1) is 16.3. The lowest BCUT2D eigenvalue weighted by molar-refractivity contribution is 0.204. The second kappa shape index (κ2) is 9.27. The summed E-state index contributed by atoms with van der Waals surface area (Å²) in [4.78, 5) is 5.06. The van der Waals surface area contributed by atoms with E-state index in [1.165, 1.54) is 51.5 Å². The van der Waals surface area contributed by atoms with Crippen LogP contribution >= 0.6 is 0 Å². The fraction of sp³-hybridized carbons (Fsp3) is 0.357. The number of rotatable bonds is 5. The Morgan fingerprint density at radius 3 is 1.64 bits per heavy atom. The predicted molar refractivity (Wildman–Crippen MR) is 137 cm³/mol. The van der Waals surface area contributed by atoms with Crippen LogP contribution < -0.4 is 10.6 Å². The molecule has 2 N–H and O–H groups in total. The molecule has 0 unspecified atom stereocenters. The maximum Gasteiger partial charge on any atom is 0.0541 e. The number of benzene rings is 3. The summed E-state index contributed by atoms with van der Waals surface area (Å²) in [5, 5.41) is 9.70. The lowest BCUT2D eigenvalue weighted by Gasteiger charge is -2.29. The summed E-state index contributed by atoms with van der Waals surface area (Å²) in [6, 6.07) is 24.9. The third-order valence-corrected chi connectivity index (χ3v) is 7.01. The number of nitrogens with zero attached hydrogens (tertiary/aromatic N) is 3. The highest BCUT2D eigenvalue weighted by atomic mass is 15.2. The summed E-state index contributed by atoms with van der Waals surface area (Å²) in [7, 11) is 0. The SMILES string of the molecule is c1ccc2c(c1)c1ccccc1n2-c1cc(CN2CCCNC2)cc(CN2CCCNC2)c1. The minimum absolute atomic E-state index is 0.977. The van der Waals surface area contributed by atoms with Gasteiger partial charge in [0.05, 0.1) is 11.0 Å². The first-order valence-corrected chi connectivity index (χ1v) is 12.3. The molecule has 170 valence electrons. The number of nitrogens with one attached hydrogen (secondary N) is 2. The number of para-hydroxylation sites is 2. The van der Waals surface area contributed by atoms with Gasteiger partial charge in [-0.25, -0.2) is 0 Å². The van der Waals surface area contributed by atoms with Crippen molar-refractivity contribution in [2.45, 2.75) is 25.9 Å². The van der Waals surface area contributed by atoms with Crippen molar-refractivity contribution in [2.24, 2.45) is 0 Å². The lowest BCUT2D eigenvalue weighted by atomic mass is 10.1. The van der Waals surface area contributed by atoms with Crippen LogP contribution in [-0.2, 0) is 13.1 Å². The van der Waals surface area contributed by atoms with Crippen molar-refractivity contribution in [3.8, 4) is 5.69 Å². The summed E-state index contributed by atoms with van der Waals surface area (Å²) in [5.41, 5.74) is 6.63. The van der Waals surface area contributed by atoms with Crippen LogP contribution in [0.15, 0.2) is 66.7 Å². The largest absolute Gasteiger partial charge is 0.309 e. The highest BCUT2D eigenvalue weighted by Crippen LogP contribution is 2.32. The van der Waals surface area contributed by atoms with Crippen LogP contribution in [0.3, 0.4) is 0 Å². The molecule has 0 spiro atoms. The molecule has 0 bridgehead atoms. The van der Waals surface area contributed by atoms with Gasteiger partial charge in [0.1, 0.15) is 0 Å².